The number of hydrogen-bond donors (Lipinski definition) is 0. The highest BCUT2D eigenvalue weighted by molar-refractivity contribution is 5.95. The van der Waals surface area contributed by atoms with E-state index in [1.807, 2.05) is 11.0 Å². The minimum Gasteiger partial charge on any atom is -0.493 e. The number of amides is 1. The van der Waals surface area contributed by atoms with Gasteiger partial charge in [0.15, 0.2) is 23.1 Å². The van der Waals surface area contributed by atoms with Gasteiger partial charge in [-0.2, -0.15) is 0 Å². The first-order valence-corrected chi connectivity index (χ1v) is 10.5. The van der Waals surface area contributed by atoms with Gasteiger partial charge in [0.2, 0.25) is 0 Å². The Morgan fingerprint density at radius 1 is 0.767 bits per heavy atom. The maximum atomic E-state index is 12.9. The Balaban J connectivity index is 1.36. The van der Waals surface area contributed by atoms with Crippen molar-refractivity contribution in [1.82, 2.24) is 15.1 Å². The molecule has 0 bridgehead atoms. The Hall–Kier alpha value is -3.03. The molecule has 0 N–H and O–H groups in total. The van der Waals surface area contributed by atoms with E-state index in [-0.39, 0.29) is 5.91 Å². The van der Waals surface area contributed by atoms with Gasteiger partial charge in [-0.05, 0) is 49.6 Å². The molecule has 0 atom stereocenters. The number of piperidine rings is 1. The Morgan fingerprint density at radius 2 is 1.37 bits per heavy atom. The number of methoxy groups -OCH3 is 2. The molecule has 2 aliphatic rings. The third-order valence-electron chi connectivity index (χ3n) is 5.84. The van der Waals surface area contributed by atoms with Crippen LogP contribution in [0.5, 0.6) is 11.5 Å². The predicted molar refractivity (Wildman–Crippen MR) is 116 cm³/mol. The van der Waals surface area contributed by atoms with Crippen molar-refractivity contribution in [3.8, 4) is 11.5 Å². The summed E-state index contributed by atoms with van der Waals surface area (Å²) < 4.78 is 10.6. The van der Waals surface area contributed by atoms with Crippen molar-refractivity contribution in [2.45, 2.75) is 19.3 Å². The molecule has 2 aromatic rings. The van der Waals surface area contributed by atoms with Gasteiger partial charge in [-0.25, -0.2) is 0 Å². The van der Waals surface area contributed by atoms with E-state index in [1.54, 1.807) is 32.4 Å². The Morgan fingerprint density at radius 3 is 1.93 bits per heavy atom. The van der Waals surface area contributed by atoms with Crippen LogP contribution in [0.3, 0.4) is 0 Å². The first-order chi connectivity index (χ1) is 14.7. The Bertz CT molecular complexity index is 860. The van der Waals surface area contributed by atoms with Gasteiger partial charge in [0, 0.05) is 44.8 Å². The van der Waals surface area contributed by atoms with Crippen molar-refractivity contribution in [1.29, 1.82) is 0 Å². The molecule has 2 fully saturated rings. The predicted octanol–water partition coefficient (Wildman–Crippen LogP) is 2.45. The van der Waals surface area contributed by atoms with Gasteiger partial charge in [-0.3, -0.25) is 4.79 Å². The van der Waals surface area contributed by atoms with E-state index in [0.717, 1.165) is 37.8 Å². The standard InChI is InChI=1S/C22H29N5O3/c1-29-18-7-6-17(16-19(18)30-2)22(28)27-14-12-26(13-15-27)21-9-8-20(23-24-21)25-10-4-3-5-11-25/h6-9,16H,3-5,10-15H2,1-2H3. The molecule has 2 saturated heterocycles. The number of nitrogens with zero attached hydrogens (tertiary/aromatic N) is 5. The summed E-state index contributed by atoms with van der Waals surface area (Å²) >= 11 is 0. The summed E-state index contributed by atoms with van der Waals surface area (Å²) in [6.45, 7) is 4.87. The fraction of sp³-hybridized carbons (Fsp3) is 0.500. The lowest BCUT2D eigenvalue weighted by Crippen LogP contribution is -2.49. The van der Waals surface area contributed by atoms with Gasteiger partial charge >= 0.3 is 0 Å². The fourth-order valence-electron chi connectivity index (χ4n) is 4.07. The molecule has 0 saturated carbocycles. The van der Waals surface area contributed by atoms with Gasteiger partial charge in [0.1, 0.15) is 0 Å². The van der Waals surface area contributed by atoms with E-state index in [9.17, 15) is 4.79 Å². The van der Waals surface area contributed by atoms with Crippen LogP contribution in [-0.4, -0.2) is 74.5 Å². The highest BCUT2D eigenvalue weighted by atomic mass is 16.5. The number of piperazine rings is 1. The van der Waals surface area contributed by atoms with Crippen molar-refractivity contribution in [3.05, 3.63) is 35.9 Å². The van der Waals surface area contributed by atoms with Crippen LogP contribution < -0.4 is 19.3 Å². The van der Waals surface area contributed by atoms with E-state index in [0.29, 0.717) is 30.2 Å². The molecule has 0 radical (unpaired) electrons. The summed E-state index contributed by atoms with van der Waals surface area (Å²) in [5.74, 6) is 3.01. The highest BCUT2D eigenvalue weighted by Gasteiger charge is 2.24. The molecule has 0 aliphatic carbocycles. The Kier molecular flexibility index (Phi) is 6.21. The molecular weight excluding hydrogens is 382 g/mol. The molecule has 1 aromatic carbocycles. The van der Waals surface area contributed by atoms with E-state index in [2.05, 4.69) is 26.1 Å². The van der Waals surface area contributed by atoms with Crippen LogP contribution in [0.2, 0.25) is 0 Å². The smallest absolute Gasteiger partial charge is 0.254 e. The zero-order valence-electron chi connectivity index (χ0n) is 17.7. The second-order valence-electron chi connectivity index (χ2n) is 7.65. The molecule has 8 nitrogen and oxygen atoms in total. The molecule has 4 rings (SSSR count). The summed E-state index contributed by atoms with van der Waals surface area (Å²) in [4.78, 5) is 19.3. The SMILES string of the molecule is COc1ccc(C(=O)N2CCN(c3ccc(N4CCCCC4)nn3)CC2)cc1OC. The number of anilines is 2. The van der Waals surface area contributed by atoms with Crippen molar-refractivity contribution in [2.24, 2.45) is 0 Å². The average Bonchev–Trinajstić information content (AvgIpc) is 2.84. The van der Waals surface area contributed by atoms with E-state index >= 15 is 0 Å². The van der Waals surface area contributed by atoms with Crippen molar-refractivity contribution < 1.29 is 14.3 Å². The zero-order valence-corrected chi connectivity index (χ0v) is 17.7. The number of carbonyl (C=O) groups excluding carboxylic acids is 1. The molecule has 3 heterocycles. The first kappa shape index (κ1) is 20.3. The number of carbonyl (C=O) groups is 1. The lowest BCUT2D eigenvalue weighted by molar-refractivity contribution is 0.0746. The molecule has 1 amide bonds. The van der Waals surface area contributed by atoms with Gasteiger partial charge in [0.05, 0.1) is 14.2 Å². The maximum Gasteiger partial charge on any atom is 0.254 e. The minimum atomic E-state index is 0.00198. The number of benzene rings is 1. The monoisotopic (exact) mass is 411 g/mol. The van der Waals surface area contributed by atoms with Crippen LogP contribution in [-0.2, 0) is 0 Å². The minimum absolute atomic E-state index is 0.00198. The topological polar surface area (TPSA) is 71.0 Å². The van der Waals surface area contributed by atoms with Crippen LogP contribution in [0.4, 0.5) is 11.6 Å². The second kappa shape index (κ2) is 9.19. The van der Waals surface area contributed by atoms with Crippen molar-refractivity contribution in [2.75, 3.05) is 63.3 Å². The largest absolute Gasteiger partial charge is 0.493 e. The number of hydrogen-bond acceptors (Lipinski definition) is 7. The van der Waals surface area contributed by atoms with E-state index in [1.165, 1.54) is 19.3 Å². The normalized spacial score (nSPS) is 17.1. The average molecular weight is 412 g/mol. The van der Waals surface area contributed by atoms with Crippen LogP contribution in [0.1, 0.15) is 29.6 Å². The maximum absolute atomic E-state index is 12.9. The summed E-state index contributed by atoms with van der Waals surface area (Å²) in [6.07, 6.45) is 3.74. The van der Waals surface area contributed by atoms with Crippen LogP contribution in [0.15, 0.2) is 30.3 Å². The quantitative estimate of drug-likeness (QED) is 0.748. The summed E-state index contributed by atoms with van der Waals surface area (Å²) in [6, 6.07) is 9.39. The molecule has 0 spiro atoms. The molecule has 0 unspecified atom stereocenters. The lowest BCUT2D eigenvalue weighted by atomic mass is 10.1. The molecule has 1 aromatic heterocycles. The fourth-order valence-corrected chi connectivity index (χ4v) is 4.07. The molecule has 30 heavy (non-hydrogen) atoms. The highest BCUT2D eigenvalue weighted by Crippen LogP contribution is 2.28. The third-order valence-corrected chi connectivity index (χ3v) is 5.84. The molecule has 160 valence electrons. The van der Waals surface area contributed by atoms with Gasteiger partial charge in [0.25, 0.3) is 5.91 Å². The van der Waals surface area contributed by atoms with E-state index in [4.69, 9.17) is 9.47 Å². The van der Waals surface area contributed by atoms with Gasteiger partial charge in [-0.1, -0.05) is 0 Å². The summed E-state index contributed by atoms with van der Waals surface area (Å²) in [7, 11) is 3.16. The summed E-state index contributed by atoms with van der Waals surface area (Å²) in [5, 5.41) is 8.89. The van der Waals surface area contributed by atoms with Crippen molar-refractivity contribution in [3.63, 3.8) is 0 Å². The molecule has 8 heteroatoms. The van der Waals surface area contributed by atoms with Crippen LogP contribution in [0.25, 0.3) is 0 Å². The number of aromatic nitrogens is 2. The zero-order chi connectivity index (χ0) is 20.9. The lowest BCUT2D eigenvalue weighted by Gasteiger charge is -2.35. The van der Waals surface area contributed by atoms with Crippen LogP contribution in [0, 0.1) is 0 Å². The second-order valence-corrected chi connectivity index (χ2v) is 7.65. The van der Waals surface area contributed by atoms with Gasteiger partial charge < -0.3 is 24.2 Å². The Labute approximate surface area is 177 Å². The van der Waals surface area contributed by atoms with E-state index < -0.39 is 0 Å². The molecular formula is C22H29N5O3. The van der Waals surface area contributed by atoms with Crippen LogP contribution >= 0.6 is 0 Å². The summed E-state index contributed by atoms with van der Waals surface area (Å²) in [5.41, 5.74) is 0.603. The third kappa shape index (κ3) is 4.27. The van der Waals surface area contributed by atoms with Gasteiger partial charge in [-0.15, -0.1) is 10.2 Å². The number of rotatable bonds is 5. The van der Waals surface area contributed by atoms with Crippen molar-refractivity contribution >= 4 is 17.5 Å². The molecule has 2 aliphatic heterocycles. The first-order valence-electron chi connectivity index (χ1n) is 10.5. The number of ether oxygens (including phenoxy) is 2.